The fourth-order valence-corrected chi connectivity index (χ4v) is 8.23. The first kappa shape index (κ1) is 29.9. The lowest BCUT2D eigenvalue weighted by molar-refractivity contribution is -0.205. The van der Waals surface area contributed by atoms with Gasteiger partial charge in [0.05, 0.1) is 11.9 Å². The van der Waals surface area contributed by atoms with Gasteiger partial charge in [-0.2, -0.15) is 4.98 Å². The average Bonchev–Trinajstić information content (AvgIpc) is 3.26. The SMILES string of the molecule is C=C[C@]1(C)C[C@@H](OC(=O)CSc2ncnc(NCCN(C)C)n2)[C@]2(C)[C@H](C)CC[C@]3(CCC(=O)[C@H]32)[C@@H](C)[C@@H]1O. The summed E-state index contributed by atoms with van der Waals surface area (Å²) in [4.78, 5) is 41.7. The summed E-state index contributed by atoms with van der Waals surface area (Å²) in [6.07, 6.45) is 5.62. The van der Waals surface area contributed by atoms with Gasteiger partial charge in [-0.15, -0.1) is 6.58 Å². The van der Waals surface area contributed by atoms with Crippen molar-refractivity contribution in [1.82, 2.24) is 19.9 Å². The number of ether oxygens (including phenoxy) is 1. The highest BCUT2D eigenvalue weighted by Crippen LogP contribution is 2.68. The van der Waals surface area contributed by atoms with Gasteiger partial charge >= 0.3 is 5.97 Å². The van der Waals surface area contributed by atoms with Crippen LogP contribution in [0, 0.1) is 34.0 Å². The van der Waals surface area contributed by atoms with Gasteiger partial charge in [-0.05, 0) is 57.0 Å². The van der Waals surface area contributed by atoms with Crippen LogP contribution < -0.4 is 5.32 Å². The van der Waals surface area contributed by atoms with Crippen molar-refractivity contribution in [1.29, 1.82) is 0 Å². The number of aliphatic hydroxyl groups is 1. The Morgan fingerprint density at radius 3 is 2.74 bits per heavy atom. The fraction of sp³-hybridized carbons (Fsp3) is 0.759. The molecule has 216 valence electrons. The lowest BCUT2D eigenvalue weighted by atomic mass is 9.44. The maximum absolute atomic E-state index is 13.5. The van der Waals surface area contributed by atoms with E-state index in [9.17, 15) is 14.7 Å². The Morgan fingerprint density at radius 2 is 2.05 bits per heavy atom. The number of rotatable bonds is 9. The van der Waals surface area contributed by atoms with Crippen LogP contribution >= 0.6 is 11.8 Å². The third-order valence-electron chi connectivity index (χ3n) is 10.3. The van der Waals surface area contributed by atoms with Gasteiger partial charge in [-0.25, -0.2) is 9.97 Å². The van der Waals surface area contributed by atoms with E-state index in [-0.39, 0.29) is 40.7 Å². The van der Waals surface area contributed by atoms with E-state index in [1.165, 1.54) is 18.1 Å². The minimum atomic E-state index is -0.680. The minimum Gasteiger partial charge on any atom is -0.461 e. The minimum absolute atomic E-state index is 0.0373. The van der Waals surface area contributed by atoms with Gasteiger partial charge in [0.15, 0.2) is 5.16 Å². The van der Waals surface area contributed by atoms with Crippen molar-refractivity contribution in [3.8, 4) is 0 Å². The van der Waals surface area contributed by atoms with Crippen molar-refractivity contribution in [2.24, 2.45) is 34.0 Å². The van der Waals surface area contributed by atoms with Gasteiger partial charge in [0.2, 0.25) is 5.95 Å². The van der Waals surface area contributed by atoms with Crippen LogP contribution in [0.4, 0.5) is 5.95 Å². The Bertz CT molecular complexity index is 1090. The Hall–Kier alpha value is -2.04. The number of carbonyl (C=O) groups is 2. The van der Waals surface area contributed by atoms with Crippen LogP contribution in [0.5, 0.6) is 0 Å². The van der Waals surface area contributed by atoms with E-state index in [0.29, 0.717) is 30.5 Å². The van der Waals surface area contributed by atoms with E-state index in [4.69, 9.17) is 4.74 Å². The molecule has 39 heavy (non-hydrogen) atoms. The molecule has 8 atom stereocenters. The number of likely N-dealkylation sites (N-methyl/N-ethyl adjacent to an activating group) is 1. The van der Waals surface area contributed by atoms with Crippen molar-refractivity contribution in [3.63, 3.8) is 0 Å². The zero-order valence-electron chi connectivity index (χ0n) is 24.3. The molecule has 1 heterocycles. The normalized spacial score (nSPS) is 38.1. The Labute approximate surface area is 237 Å². The molecule has 3 fully saturated rings. The summed E-state index contributed by atoms with van der Waals surface area (Å²) >= 11 is 1.21. The van der Waals surface area contributed by atoms with Crippen molar-refractivity contribution in [2.45, 2.75) is 77.2 Å². The van der Waals surface area contributed by atoms with Gasteiger partial charge in [-0.3, -0.25) is 9.59 Å². The number of hydrogen-bond donors (Lipinski definition) is 2. The summed E-state index contributed by atoms with van der Waals surface area (Å²) in [7, 11) is 3.99. The molecule has 0 spiro atoms. The molecule has 9 nitrogen and oxygen atoms in total. The number of esters is 1. The van der Waals surface area contributed by atoms with Gasteiger partial charge in [0, 0.05) is 36.3 Å². The number of nitrogens with one attached hydrogen (secondary N) is 1. The summed E-state index contributed by atoms with van der Waals surface area (Å²) < 4.78 is 6.30. The van der Waals surface area contributed by atoms with Crippen molar-refractivity contribution < 1.29 is 19.4 Å². The van der Waals surface area contributed by atoms with Gasteiger partial charge in [-0.1, -0.05) is 45.5 Å². The van der Waals surface area contributed by atoms with E-state index in [1.54, 1.807) is 0 Å². The second-order valence-corrected chi connectivity index (χ2v) is 13.6. The first-order chi connectivity index (χ1) is 18.4. The number of thioether (sulfide) groups is 1. The van der Waals surface area contributed by atoms with Gasteiger partial charge < -0.3 is 20.1 Å². The maximum atomic E-state index is 13.5. The van der Waals surface area contributed by atoms with Crippen LogP contribution in [0.3, 0.4) is 0 Å². The van der Waals surface area contributed by atoms with Crippen LogP contribution in [0.15, 0.2) is 24.1 Å². The van der Waals surface area contributed by atoms with Crippen molar-refractivity contribution in [3.05, 3.63) is 19.0 Å². The first-order valence-electron chi connectivity index (χ1n) is 14.1. The lowest BCUT2D eigenvalue weighted by Gasteiger charge is -2.61. The number of aromatic nitrogens is 3. The topological polar surface area (TPSA) is 118 Å². The summed E-state index contributed by atoms with van der Waals surface area (Å²) in [6.45, 7) is 14.0. The Balaban J connectivity index is 1.55. The largest absolute Gasteiger partial charge is 0.461 e. The molecule has 0 saturated heterocycles. The molecule has 2 bridgehead atoms. The molecule has 0 radical (unpaired) electrons. The molecule has 0 aromatic carbocycles. The molecule has 1 aromatic heterocycles. The molecule has 3 aliphatic rings. The number of ketones is 1. The lowest BCUT2D eigenvalue weighted by Crippen LogP contribution is -2.63. The van der Waals surface area contributed by atoms with Gasteiger partial charge in [0.25, 0.3) is 0 Å². The quantitative estimate of drug-likeness (QED) is 0.262. The van der Waals surface area contributed by atoms with Gasteiger partial charge in [0.1, 0.15) is 18.2 Å². The smallest absolute Gasteiger partial charge is 0.316 e. The molecule has 1 aromatic rings. The Kier molecular flexibility index (Phi) is 8.79. The standard InChI is InChI=1S/C29H45N5O4S/c1-8-27(4)15-21(38-22(36)16-39-26-32-17-31-25(33-26)30-13-14-34(6)7)28(5)18(2)9-11-29(19(3)24(27)37)12-10-20(35)23(28)29/h8,17-19,21,23-24,37H,1,9-16H2,2-7H3,(H,30,31,32,33)/t18-,19+,21-,23+,24+,27-,28+,29+/m1/s1. The summed E-state index contributed by atoms with van der Waals surface area (Å²) in [5.74, 6) is 0.275. The summed E-state index contributed by atoms with van der Waals surface area (Å²) in [6, 6.07) is 0. The third kappa shape index (κ3) is 5.48. The molecule has 0 amide bonds. The first-order valence-corrected chi connectivity index (χ1v) is 15.1. The van der Waals surface area contributed by atoms with Crippen molar-refractivity contribution in [2.75, 3.05) is 38.3 Å². The number of carbonyl (C=O) groups excluding carboxylic acids is 2. The second-order valence-electron chi connectivity index (χ2n) is 12.7. The number of aliphatic hydroxyl groups excluding tert-OH is 1. The number of hydrogen-bond acceptors (Lipinski definition) is 10. The zero-order valence-corrected chi connectivity index (χ0v) is 25.1. The second kappa shape index (κ2) is 11.4. The fourth-order valence-electron chi connectivity index (χ4n) is 7.64. The van der Waals surface area contributed by atoms with Crippen LogP contribution in [-0.2, 0) is 14.3 Å². The summed E-state index contributed by atoms with van der Waals surface area (Å²) in [5.41, 5.74) is -1.47. The van der Waals surface area contributed by atoms with Crippen LogP contribution in [-0.4, -0.2) is 81.9 Å². The number of nitrogens with zero attached hydrogens (tertiary/aromatic N) is 4. The maximum Gasteiger partial charge on any atom is 0.316 e. The summed E-state index contributed by atoms with van der Waals surface area (Å²) in [5, 5.41) is 15.3. The molecule has 10 heteroatoms. The molecule has 3 aliphatic carbocycles. The number of anilines is 1. The van der Waals surface area contributed by atoms with E-state index >= 15 is 0 Å². The highest BCUT2D eigenvalue weighted by Gasteiger charge is 2.68. The van der Waals surface area contributed by atoms with Crippen LogP contribution in [0.1, 0.15) is 59.8 Å². The predicted octanol–water partition coefficient (Wildman–Crippen LogP) is 3.84. The molecule has 3 saturated carbocycles. The van der Waals surface area contributed by atoms with Crippen LogP contribution in [0.2, 0.25) is 0 Å². The van der Waals surface area contributed by atoms with E-state index in [2.05, 4.69) is 52.5 Å². The van der Waals surface area contributed by atoms with Crippen LogP contribution in [0.25, 0.3) is 0 Å². The molecule has 2 N–H and O–H groups in total. The van der Waals surface area contributed by atoms with Crippen molar-refractivity contribution >= 4 is 29.5 Å². The van der Waals surface area contributed by atoms with E-state index < -0.39 is 23.0 Å². The highest BCUT2D eigenvalue weighted by molar-refractivity contribution is 7.99. The van der Waals surface area contributed by atoms with E-state index in [1.807, 2.05) is 27.1 Å². The Morgan fingerprint density at radius 1 is 1.31 bits per heavy atom. The number of Topliss-reactive ketones (excluding diaryl/α,β-unsaturated/α-hetero) is 1. The zero-order chi connectivity index (χ0) is 28.6. The molecule has 4 rings (SSSR count). The average molecular weight is 560 g/mol. The molecular formula is C29H45N5O4S. The van der Waals surface area contributed by atoms with E-state index in [0.717, 1.165) is 25.8 Å². The molecule has 0 aliphatic heterocycles. The molecular weight excluding hydrogens is 514 g/mol. The highest BCUT2D eigenvalue weighted by atomic mass is 32.2. The third-order valence-corrected chi connectivity index (χ3v) is 11.1. The predicted molar refractivity (Wildman–Crippen MR) is 152 cm³/mol. The monoisotopic (exact) mass is 559 g/mol. The molecule has 0 unspecified atom stereocenters.